The van der Waals surface area contributed by atoms with Gasteiger partial charge in [-0.3, -0.25) is 0 Å². The molecule has 1 aromatic rings. The Morgan fingerprint density at radius 3 is 2.05 bits per heavy atom. The summed E-state index contributed by atoms with van der Waals surface area (Å²) < 4.78 is 0. The summed E-state index contributed by atoms with van der Waals surface area (Å²) in [4.78, 5) is 0.370. The summed E-state index contributed by atoms with van der Waals surface area (Å²) >= 11 is 10.1. The first-order chi connectivity index (χ1) is 8.67. The topological polar surface area (TPSA) is 75.8 Å². The van der Waals surface area contributed by atoms with Gasteiger partial charge in [-0.25, -0.2) is 0 Å². The number of thiocarbonyl (C=S) groups is 2. The van der Waals surface area contributed by atoms with Gasteiger partial charge in [-0.05, 0) is 23.5 Å². The molecule has 0 saturated heterocycles. The Balaban J connectivity index is 3.60. The van der Waals surface area contributed by atoms with Gasteiger partial charge in [-0.2, -0.15) is 5.26 Å². The molecule has 0 unspecified atom stereocenters. The van der Waals surface area contributed by atoms with Gasteiger partial charge in [-0.1, -0.05) is 51.3 Å². The van der Waals surface area contributed by atoms with Crippen LogP contribution in [0.2, 0.25) is 0 Å². The van der Waals surface area contributed by atoms with Gasteiger partial charge in [0.25, 0.3) is 0 Å². The molecule has 3 nitrogen and oxygen atoms in total. The minimum absolute atomic E-state index is 0.0706. The van der Waals surface area contributed by atoms with Crippen LogP contribution in [0.1, 0.15) is 43.0 Å². The van der Waals surface area contributed by atoms with Crippen molar-refractivity contribution in [1.29, 1.82) is 5.26 Å². The van der Waals surface area contributed by atoms with E-state index in [0.29, 0.717) is 16.7 Å². The zero-order valence-electron chi connectivity index (χ0n) is 11.3. The van der Waals surface area contributed by atoms with Crippen LogP contribution in [0, 0.1) is 16.7 Å². The third-order valence-electron chi connectivity index (χ3n) is 2.63. The highest BCUT2D eigenvalue weighted by Gasteiger charge is 2.21. The van der Waals surface area contributed by atoms with Crippen LogP contribution < -0.4 is 11.5 Å². The van der Waals surface area contributed by atoms with Crippen molar-refractivity contribution >= 4 is 34.4 Å². The molecule has 0 saturated carbocycles. The molecule has 0 heterocycles. The average Bonchev–Trinajstić information content (AvgIpc) is 2.25. The molecule has 0 aliphatic rings. The Bertz CT molecular complexity index is 578. The van der Waals surface area contributed by atoms with E-state index in [2.05, 4.69) is 26.8 Å². The van der Waals surface area contributed by atoms with Gasteiger partial charge in [0.2, 0.25) is 0 Å². The minimum atomic E-state index is 0.0706. The maximum Gasteiger partial charge on any atom is 0.106 e. The van der Waals surface area contributed by atoms with Gasteiger partial charge in [0.1, 0.15) is 9.98 Å². The quantitative estimate of drug-likeness (QED) is 0.836. The predicted molar refractivity (Wildman–Crippen MR) is 86.1 cm³/mol. The van der Waals surface area contributed by atoms with Crippen molar-refractivity contribution in [1.82, 2.24) is 0 Å². The molecule has 0 spiro atoms. The molecule has 19 heavy (non-hydrogen) atoms. The van der Waals surface area contributed by atoms with E-state index in [1.807, 2.05) is 6.07 Å². The smallest absolute Gasteiger partial charge is 0.106 e. The monoisotopic (exact) mass is 291 g/mol. The van der Waals surface area contributed by atoms with Crippen molar-refractivity contribution < 1.29 is 0 Å². The van der Waals surface area contributed by atoms with Crippen molar-refractivity contribution in [3.63, 3.8) is 0 Å². The first-order valence-corrected chi connectivity index (χ1v) is 6.64. The fourth-order valence-electron chi connectivity index (χ4n) is 2.00. The van der Waals surface area contributed by atoms with E-state index in [4.69, 9.17) is 41.2 Å². The summed E-state index contributed by atoms with van der Waals surface area (Å²) in [6, 6.07) is 5.67. The average molecular weight is 291 g/mol. The summed E-state index contributed by atoms with van der Waals surface area (Å²) in [7, 11) is 0. The Morgan fingerprint density at radius 1 is 1.16 bits per heavy atom. The molecule has 0 amide bonds. The highest BCUT2D eigenvalue weighted by molar-refractivity contribution is 7.81. The van der Waals surface area contributed by atoms with Crippen molar-refractivity contribution in [2.75, 3.05) is 0 Å². The van der Waals surface area contributed by atoms with E-state index in [1.54, 1.807) is 6.07 Å². The first kappa shape index (κ1) is 15.5. The molecular formula is C14H17N3S2. The van der Waals surface area contributed by atoms with Gasteiger partial charge in [0, 0.05) is 11.1 Å². The van der Waals surface area contributed by atoms with Gasteiger partial charge in [0.05, 0.1) is 11.6 Å². The lowest BCUT2D eigenvalue weighted by atomic mass is 9.84. The zero-order chi connectivity index (χ0) is 14.8. The lowest BCUT2D eigenvalue weighted by Crippen LogP contribution is -2.24. The van der Waals surface area contributed by atoms with E-state index in [9.17, 15) is 0 Å². The van der Waals surface area contributed by atoms with E-state index >= 15 is 0 Å². The fourth-order valence-corrected chi connectivity index (χ4v) is 2.44. The molecule has 0 bridgehead atoms. The molecule has 0 aliphatic heterocycles. The number of hydrogen-bond acceptors (Lipinski definition) is 3. The van der Waals surface area contributed by atoms with Crippen LogP contribution >= 0.6 is 24.4 Å². The number of nitrogens with zero attached hydrogens (tertiary/aromatic N) is 1. The second kappa shape index (κ2) is 5.64. The summed E-state index contributed by atoms with van der Waals surface area (Å²) in [5, 5.41) is 9.15. The van der Waals surface area contributed by atoms with Crippen molar-refractivity contribution in [3.8, 4) is 6.07 Å². The number of nitrogens with two attached hydrogens (primary N) is 2. The maximum atomic E-state index is 9.15. The Hall–Kier alpha value is -1.51. The molecule has 0 aliphatic carbocycles. The zero-order valence-corrected chi connectivity index (χ0v) is 12.9. The lowest BCUT2D eigenvalue weighted by molar-refractivity contribution is 0.411. The Morgan fingerprint density at radius 2 is 1.68 bits per heavy atom. The normalized spacial score (nSPS) is 10.8. The highest BCUT2D eigenvalue weighted by atomic mass is 32.1. The van der Waals surface area contributed by atoms with Crippen LogP contribution in [0.4, 0.5) is 0 Å². The molecule has 1 aromatic carbocycles. The van der Waals surface area contributed by atoms with Crippen LogP contribution in [0.25, 0.3) is 0 Å². The SMILES string of the molecule is CC(C)(C)Cc1ccc(C#N)c(C(N)=S)c1C(N)=S. The minimum Gasteiger partial charge on any atom is -0.389 e. The number of nitriles is 1. The van der Waals surface area contributed by atoms with Crippen molar-refractivity contribution in [2.24, 2.45) is 16.9 Å². The first-order valence-electron chi connectivity index (χ1n) is 5.83. The van der Waals surface area contributed by atoms with Crippen LogP contribution in [0.15, 0.2) is 12.1 Å². The van der Waals surface area contributed by atoms with E-state index in [1.165, 1.54) is 0 Å². The molecule has 0 atom stereocenters. The molecule has 1 rings (SSSR count). The summed E-state index contributed by atoms with van der Waals surface area (Å²) in [5.74, 6) is 0. The Kier molecular flexibility index (Phi) is 4.61. The number of benzene rings is 1. The maximum absolute atomic E-state index is 9.15. The summed E-state index contributed by atoms with van der Waals surface area (Å²) in [6.45, 7) is 6.36. The second-order valence-electron chi connectivity index (χ2n) is 5.60. The molecular weight excluding hydrogens is 274 g/mol. The van der Waals surface area contributed by atoms with E-state index in [-0.39, 0.29) is 15.4 Å². The third-order valence-corrected chi connectivity index (χ3v) is 3.03. The van der Waals surface area contributed by atoms with Crippen LogP contribution in [-0.2, 0) is 6.42 Å². The van der Waals surface area contributed by atoms with Gasteiger partial charge >= 0.3 is 0 Å². The summed E-state index contributed by atoms with van der Waals surface area (Å²) in [6.07, 6.45) is 0.779. The van der Waals surface area contributed by atoms with Crippen LogP contribution in [-0.4, -0.2) is 9.98 Å². The van der Waals surface area contributed by atoms with Crippen LogP contribution in [0.5, 0.6) is 0 Å². The summed E-state index contributed by atoms with van der Waals surface area (Å²) in [5.41, 5.74) is 14.1. The molecule has 5 heteroatoms. The molecule has 0 aromatic heterocycles. The second-order valence-corrected chi connectivity index (χ2v) is 6.48. The van der Waals surface area contributed by atoms with E-state index < -0.39 is 0 Å². The van der Waals surface area contributed by atoms with Crippen molar-refractivity contribution in [3.05, 3.63) is 34.4 Å². The number of rotatable bonds is 3. The predicted octanol–water partition coefficient (Wildman–Crippen LogP) is 2.42. The van der Waals surface area contributed by atoms with E-state index in [0.717, 1.165) is 12.0 Å². The number of hydrogen-bond donors (Lipinski definition) is 2. The largest absolute Gasteiger partial charge is 0.389 e. The Labute approximate surface area is 124 Å². The van der Waals surface area contributed by atoms with Gasteiger partial charge < -0.3 is 11.5 Å². The molecule has 100 valence electrons. The third kappa shape index (κ3) is 3.72. The lowest BCUT2D eigenvalue weighted by Gasteiger charge is -2.22. The highest BCUT2D eigenvalue weighted by Crippen LogP contribution is 2.26. The van der Waals surface area contributed by atoms with Gasteiger partial charge in [0.15, 0.2) is 0 Å². The molecule has 0 radical (unpaired) electrons. The van der Waals surface area contributed by atoms with Crippen LogP contribution in [0.3, 0.4) is 0 Å². The molecule has 0 fully saturated rings. The van der Waals surface area contributed by atoms with Crippen molar-refractivity contribution in [2.45, 2.75) is 27.2 Å². The fraction of sp³-hybridized carbons (Fsp3) is 0.357. The molecule has 4 N–H and O–H groups in total. The van der Waals surface area contributed by atoms with Gasteiger partial charge in [-0.15, -0.1) is 0 Å². The standard InChI is InChI=1S/C14H17N3S2/c1-14(2,3)6-8-4-5-9(7-15)11(13(17)19)10(8)12(16)18/h4-5H,6H2,1-3H3,(H2,16,18)(H2,17,19).